The highest BCUT2D eigenvalue weighted by molar-refractivity contribution is 5.81. The molecule has 2 rings (SSSR count). The highest BCUT2D eigenvalue weighted by Gasteiger charge is 2.59. The maximum Gasteiger partial charge on any atom is 0.236 e. The van der Waals surface area contributed by atoms with Crippen molar-refractivity contribution in [3.63, 3.8) is 0 Å². The number of carbonyl (C=O) groups is 1. The zero-order chi connectivity index (χ0) is 11.9. The van der Waals surface area contributed by atoms with E-state index in [4.69, 9.17) is 4.74 Å². The summed E-state index contributed by atoms with van der Waals surface area (Å²) >= 11 is 0. The van der Waals surface area contributed by atoms with Gasteiger partial charge < -0.3 is 15.4 Å². The number of rotatable bonds is 3. The van der Waals surface area contributed by atoms with Gasteiger partial charge in [-0.05, 0) is 13.3 Å². The molecule has 1 aliphatic heterocycles. The first-order valence-corrected chi connectivity index (χ1v) is 6.07. The quantitative estimate of drug-likeness (QED) is 0.738. The van der Waals surface area contributed by atoms with Crippen molar-refractivity contribution in [2.45, 2.75) is 45.4 Å². The standard InChI is InChI=1S/C12H22N2O2/c1-7(11(15)13-4)14-9-8-5-6-16-10(8)12(9,2)3/h7-10,14H,5-6H2,1-4H3,(H,13,15)/t7-,8?,9?,10?/m1/s1. The second-order valence-electron chi connectivity index (χ2n) is 5.55. The van der Waals surface area contributed by atoms with Gasteiger partial charge in [-0.15, -0.1) is 0 Å². The second kappa shape index (κ2) is 4.00. The van der Waals surface area contributed by atoms with E-state index < -0.39 is 0 Å². The fourth-order valence-corrected chi connectivity index (χ4v) is 3.22. The molecule has 4 heteroatoms. The van der Waals surface area contributed by atoms with E-state index in [1.54, 1.807) is 7.05 Å². The molecule has 2 aliphatic rings. The molecule has 1 amide bonds. The molecule has 16 heavy (non-hydrogen) atoms. The number of amides is 1. The van der Waals surface area contributed by atoms with Crippen molar-refractivity contribution in [2.75, 3.05) is 13.7 Å². The normalized spacial score (nSPS) is 37.4. The van der Waals surface area contributed by atoms with Gasteiger partial charge in [-0.3, -0.25) is 4.79 Å². The smallest absolute Gasteiger partial charge is 0.236 e. The van der Waals surface area contributed by atoms with Crippen molar-refractivity contribution in [3.05, 3.63) is 0 Å². The molecule has 0 aromatic heterocycles. The zero-order valence-electron chi connectivity index (χ0n) is 10.5. The minimum atomic E-state index is -0.129. The second-order valence-corrected chi connectivity index (χ2v) is 5.55. The first kappa shape index (κ1) is 11.9. The van der Waals surface area contributed by atoms with Crippen LogP contribution in [0.4, 0.5) is 0 Å². The highest BCUT2D eigenvalue weighted by atomic mass is 16.5. The number of likely N-dealkylation sites (N-methyl/N-ethyl adjacent to an activating group) is 1. The predicted molar refractivity (Wildman–Crippen MR) is 62.1 cm³/mol. The summed E-state index contributed by atoms with van der Waals surface area (Å²) in [5.41, 5.74) is 0.142. The van der Waals surface area contributed by atoms with E-state index in [2.05, 4.69) is 24.5 Å². The molecule has 4 nitrogen and oxygen atoms in total. The molecule has 92 valence electrons. The van der Waals surface area contributed by atoms with Gasteiger partial charge in [-0.2, -0.15) is 0 Å². The number of hydrogen-bond donors (Lipinski definition) is 2. The van der Waals surface area contributed by atoms with Gasteiger partial charge in [0.2, 0.25) is 5.91 Å². The van der Waals surface area contributed by atoms with Crippen molar-refractivity contribution in [1.82, 2.24) is 10.6 Å². The fraction of sp³-hybridized carbons (Fsp3) is 0.917. The van der Waals surface area contributed by atoms with Crippen LogP contribution in [0.15, 0.2) is 0 Å². The van der Waals surface area contributed by atoms with E-state index in [1.165, 1.54) is 0 Å². The Morgan fingerprint density at radius 1 is 1.50 bits per heavy atom. The van der Waals surface area contributed by atoms with E-state index in [-0.39, 0.29) is 17.4 Å². The molecule has 0 spiro atoms. The lowest BCUT2D eigenvalue weighted by molar-refractivity contribution is -0.130. The lowest BCUT2D eigenvalue weighted by Crippen LogP contribution is -2.68. The fourth-order valence-electron chi connectivity index (χ4n) is 3.22. The van der Waals surface area contributed by atoms with Crippen LogP contribution >= 0.6 is 0 Å². The number of hydrogen-bond acceptors (Lipinski definition) is 3. The summed E-state index contributed by atoms with van der Waals surface area (Å²) in [6, 6.07) is 0.267. The molecular formula is C12H22N2O2. The summed E-state index contributed by atoms with van der Waals surface area (Å²) in [5, 5.41) is 6.11. The van der Waals surface area contributed by atoms with Gasteiger partial charge in [0.15, 0.2) is 0 Å². The summed E-state index contributed by atoms with van der Waals surface area (Å²) in [4.78, 5) is 11.5. The summed E-state index contributed by atoms with van der Waals surface area (Å²) in [6.07, 6.45) is 1.49. The van der Waals surface area contributed by atoms with Crippen LogP contribution in [0.1, 0.15) is 27.2 Å². The van der Waals surface area contributed by atoms with Crippen LogP contribution in [0.2, 0.25) is 0 Å². The monoisotopic (exact) mass is 226 g/mol. The van der Waals surface area contributed by atoms with Crippen LogP contribution in [-0.4, -0.2) is 37.7 Å². The number of nitrogens with one attached hydrogen (secondary N) is 2. The van der Waals surface area contributed by atoms with Crippen molar-refractivity contribution in [1.29, 1.82) is 0 Å². The van der Waals surface area contributed by atoms with Crippen LogP contribution in [0.25, 0.3) is 0 Å². The molecular weight excluding hydrogens is 204 g/mol. The molecule has 0 bridgehead atoms. The third kappa shape index (κ3) is 1.64. The van der Waals surface area contributed by atoms with Gasteiger partial charge in [0.25, 0.3) is 0 Å². The van der Waals surface area contributed by atoms with Crippen LogP contribution in [0, 0.1) is 11.3 Å². The van der Waals surface area contributed by atoms with Crippen LogP contribution in [-0.2, 0) is 9.53 Å². The summed E-state index contributed by atoms with van der Waals surface area (Å²) in [5.74, 6) is 0.639. The minimum absolute atomic E-state index is 0.0539. The number of fused-ring (bicyclic) bond motifs is 1. The largest absolute Gasteiger partial charge is 0.377 e. The molecule has 0 aromatic carbocycles. The van der Waals surface area contributed by atoms with Gasteiger partial charge in [0.05, 0.1) is 12.1 Å². The average Bonchev–Trinajstić information content (AvgIpc) is 2.70. The first-order chi connectivity index (χ1) is 7.48. The maximum absolute atomic E-state index is 11.5. The molecule has 2 fully saturated rings. The molecule has 0 radical (unpaired) electrons. The molecule has 2 N–H and O–H groups in total. The van der Waals surface area contributed by atoms with Gasteiger partial charge in [0, 0.05) is 31.0 Å². The van der Waals surface area contributed by atoms with Crippen molar-refractivity contribution in [2.24, 2.45) is 11.3 Å². The minimum Gasteiger partial charge on any atom is -0.377 e. The Morgan fingerprint density at radius 2 is 2.19 bits per heavy atom. The SMILES string of the molecule is CNC(=O)[C@@H](C)NC1C2CCOC2C1(C)C. The van der Waals surface area contributed by atoms with Gasteiger partial charge >= 0.3 is 0 Å². The third-order valence-electron chi connectivity index (χ3n) is 4.17. The van der Waals surface area contributed by atoms with Crippen molar-refractivity contribution >= 4 is 5.91 Å². The molecule has 4 atom stereocenters. The Bertz CT molecular complexity index is 291. The Labute approximate surface area is 97.1 Å². The van der Waals surface area contributed by atoms with Gasteiger partial charge in [-0.1, -0.05) is 13.8 Å². The maximum atomic E-state index is 11.5. The van der Waals surface area contributed by atoms with Crippen molar-refractivity contribution in [3.8, 4) is 0 Å². The topological polar surface area (TPSA) is 50.4 Å². The number of ether oxygens (including phenoxy) is 1. The molecule has 3 unspecified atom stereocenters. The molecule has 0 aromatic rings. The van der Waals surface area contributed by atoms with E-state index in [1.807, 2.05) is 6.92 Å². The first-order valence-electron chi connectivity index (χ1n) is 6.07. The van der Waals surface area contributed by atoms with Crippen LogP contribution in [0.5, 0.6) is 0 Å². The number of carbonyl (C=O) groups excluding carboxylic acids is 1. The molecule has 1 saturated heterocycles. The molecule has 1 aliphatic carbocycles. The van der Waals surface area contributed by atoms with E-state index in [9.17, 15) is 4.79 Å². The Balaban J connectivity index is 1.97. The molecule has 1 heterocycles. The predicted octanol–water partition coefficient (Wildman–Crippen LogP) is 0.524. The average molecular weight is 226 g/mol. The van der Waals surface area contributed by atoms with E-state index >= 15 is 0 Å². The summed E-state index contributed by atoms with van der Waals surface area (Å²) in [7, 11) is 1.67. The summed E-state index contributed by atoms with van der Waals surface area (Å²) < 4.78 is 5.73. The third-order valence-corrected chi connectivity index (χ3v) is 4.17. The van der Waals surface area contributed by atoms with E-state index in [0.717, 1.165) is 13.0 Å². The molecule has 1 saturated carbocycles. The van der Waals surface area contributed by atoms with Crippen molar-refractivity contribution < 1.29 is 9.53 Å². The zero-order valence-corrected chi connectivity index (χ0v) is 10.5. The van der Waals surface area contributed by atoms with Gasteiger partial charge in [0.1, 0.15) is 0 Å². The Hall–Kier alpha value is -0.610. The van der Waals surface area contributed by atoms with E-state index in [0.29, 0.717) is 18.1 Å². The van der Waals surface area contributed by atoms with Gasteiger partial charge in [-0.25, -0.2) is 0 Å². The lowest BCUT2D eigenvalue weighted by Gasteiger charge is -2.55. The summed E-state index contributed by atoms with van der Waals surface area (Å²) in [6.45, 7) is 7.21. The Kier molecular flexibility index (Phi) is 2.97. The highest BCUT2D eigenvalue weighted by Crippen LogP contribution is 2.52. The van der Waals surface area contributed by atoms with Crippen LogP contribution in [0.3, 0.4) is 0 Å². The lowest BCUT2D eigenvalue weighted by atomic mass is 9.57. The Morgan fingerprint density at radius 3 is 2.81 bits per heavy atom. The van der Waals surface area contributed by atoms with Crippen LogP contribution < -0.4 is 10.6 Å².